The van der Waals surface area contributed by atoms with Gasteiger partial charge in [-0.15, -0.1) is 11.6 Å². The summed E-state index contributed by atoms with van der Waals surface area (Å²) in [4.78, 5) is 37.0. The molecule has 0 fully saturated rings. The molecule has 1 aromatic heterocycles. The fourth-order valence-electron chi connectivity index (χ4n) is 3.15. The minimum Gasteiger partial charge on any atom is -0.462 e. The van der Waals surface area contributed by atoms with Crippen LogP contribution in [0.3, 0.4) is 0 Å². The van der Waals surface area contributed by atoms with Crippen LogP contribution in [-0.2, 0) is 9.53 Å². The molecule has 8 heteroatoms. The number of halogens is 1. The highest BCUT2D eigenvalue weighted by atomic mass is 35.5. The molecule has 0 saturated heterocycles. The maximum Gasteiger partial charge on any atom is 0.338 e. The third-order valence-corrected chi connectivity index (χ3v) is 5.26. The Hall–Kier alpha value is -4.10. The van der Waals surface area contributed by atoms with Crippen molar-refractivity contribution in [3.63, 3.8) is 0 Å². The average Bonchev–Trinajstić information content (AvgIpc) is 2.86. The van der Waals surface area contributed by atoms with Gasteiger partial charge in [-0.2, -0.15) is 0 Å². The van der Waals surface area contributed by atoms with Gasteiger partial charge in [0.15, 0.2) is 5.38 Å². The van der Waals surface area contributed by atoms with Crippen LogP contribution in [0.15, 0.2) is 88.3 Å². The summed E-state index contributed by atoms with van der Waals surface area (Å²) in [7, 11) is 0. The van der Waals surface area contributed by atoms with Crippen LogP contribution in [0.4, 0.5) is 0 Å². The number of fused-ring (bicyclic) bond motifs is 1. The van der Waals surface area contributed by atoms with Gasteiger partial charge in [-0.3, -0.25) is 4.79 Å². The lowest BCUT2D eigenvalue weighted by Crippen LogP contribution is -2.14. The molecule has 1 heterocycles. The Labute approximate surface area is 199 Å². The van der Waals surface area contributed by atoms with Crippen LogP contribution < -0.4 is 14.9 Å². The van der Waals surface area contributed by atoms with Gasteiger partial charge < -0.3 is 18.6 Å². The smallest absolute Gasteiger partial charge is 0.338 e. The van der Waals surface area contributed by atoms with Crippen LogP contribution in [0.5, 0.6) is 17.2 Å². The molecular formula is C26H19ClO7. The first kappa shape index (κ1) is 23.1. The van der Waals surface area contributed by atoms with Gasteiger partial charge in [-0.25, -0.2) is 9.59 Å². The summed E-state index contributed by atoms with van der Waals surface area (Å²) < 4.78 is 21.4. The van der Waals surface area contributed by atoms with Gasteiger partial charge in [0.05, 0.1) is 17.6 Å². The molecule has 1 atom stereocenters. The Morgan fingerprint density at radius 3 is 2.38 bits per heavy atom. The molecule has 4 aromatic rings. The van der Waals surface area contributed by atoms with Crippen LogP contribution in [-0.4, -0.2) is 18.5 Å². The molecule has 0 radical (unpaired) electrons. The summed E-state index contributed by atoms with van der Waals surface area (Å²) in [5, 5.41) is -0.735. The van der Waals surface area contributed by atoms with Crippen molar-refractivity contribution in [1.29, 1.82) is 0 Å². The van der Waals surface area contributed by atoms with Crippen molar-refractivity contribution < 1.29 is 28.2 Å². The largest absolute Gasteiger partial charge is 0.462 e. The molecule has 0 aliphatic rings. The second-order valence-corrected chi connectivity index (χ2v) is 7.56. The fourth-order valence-corrected chi connectivity index (χ4v) is 3.34. The van der Waals surface area contributed by atoms with Gasteiger partial charge in [0.25, 0.3) is 0 Å². The minimum absolute atomic E-state index is 0.0361. The van der Waals surface area contributed by atoms with Crippen LogP contribution in [0.1, 0.15) is 28.2 Å². The average molecular weight is 479 g/mol. The Kier molecular flexibility index (Phi) is 6.94. The molecule has 0 bridgehead atoms. The van der Waals surface area contributed by atoms with Gasteiger partial charge >= 0.3 is 11.9 Å². The van der Waals surface area contributed by atoms with Crippen LogP contribution in [0.2, 0.25) is 0 Å². The lowest BCUT2D eigenvalue weighted by molar-refractivity contribution is -0.134. The van der Waals surface area contributed by atoms with E-state index in [-0.39, 0.29) is 29.1 Å². The first-order chi connectivity index (χ1) is 16.5. The zero-order chi connectivity index (χ0) is 24.1. The molecule has 4 rings (SSSR count). The number of carbonyl (C=O) groups excluding carboxylic acids is 2. The second-order valence-electron chi connectivity index (χ2n) is 7.13. The third-order valence-electron chi connectivity index (χ3n) is 4.83. The molecule has 0 amide bonds. The molecule has 0 aliphatic heterocycles. The Balaban J connectivity index is 1.50. The molecule has 0 spiro atoms. The normalized spacial score (nSPS) is 11.6. The summed E-state index contributed by atoms with van der Waals surface area (Å²) in [6.45, 7) is 2.00. The Morgan fingerprint density at radius 1 is 0.971 bits per heavy atom. The number of hydrogen-bond donors (Lipinski definition) is 0. The van der Waals surface area contributed by atoms with Crippen LogP contribution in [0, 0.1) is 0 Å². The van der Waals surface area contributed by atoms with Crippen molar-refractivity contribution in [2.24, 2.45) is 0 Å². The van der Waals surface area contributed by atoms with E-state index in [0.29, 0.717) is 16.9 Å². The number of esters is 2. The van der Waals surface area contributed by atoms with E-state index >= 15 is 0 Å². The van der Waals surface area contributed by atoms with E-state index < -0.39 is 22.7 Å². The van der Waals surface area contributed by atoms with Crippen molar-refractivity contribution >= 4 is 34.5 Å². The van der Waals surface area contributed by atoms with E-state index in [9.17, 15) is 14.4 Å². The monoisotopic (exact) mass is 478 g/mol. The zero-order valence-electron chi connectivity index (χ0n) is 18.0. The summed E-state index contributed by atoms with van der Waals surface area (Å²) in [6, 6.07) is 19.4. The van der Waals surface area contributed by atoms with Crippen molar-refractivity contribution in [3.8, 4) is 17.2 Å². The van der Waals surface area contributed by atoms with Crippen LogP contribution >= 0.6 is 11.6 Å². The van der Waals surface area contributed by atoms with E-state index in [4.69, 9.17) is 30.2 Å². The maximum atomic E-state index is 12.8. The standard InChI is InChI=1S/C26H19ClO7/c1-2-31-25(29)17-8-10-18(11-9-17)33-22-15-32-21-14-19(12-13-20(21)24(22)28)34-26(30)23(27)16-6-4-3-5-7-16/h3-15,23H,2H2,1H3. The molecule has 34 heavy (non-hydrogen) atoms. The van der Waals surface area contributed by atoms with Gasteiger partial charge in [0.1, 0.15) is 23.3 Å². The number of rotatable bonds is 7. The molecule has 0 saturated carbocycles. The van der Waals surface area contributed by atoms with E-state index in [1.807, 2.05) is 6.07 Å². The van der Waals surface area contributed by atoms with Crippen molar-refractivity contribution in [1.82, 2.24) is 0 Å². The van der Waals surface area contributed by atoms with Gasteiger partial charge in [0, 0.05) is 6.07 Å². The highest BCUT2D eigenvalue weighted by Gasteiger charge is 2.20. The first-order valence-corrected chi connectivity index (χ1v) is 10.8. The number of carbonyl (C=O) groups is 2. The van der Waals surface area contributed by atoms with Crippen molar-refractivity contribution in [2.75, 3.05) is 6.61 Å². The highest BCUT2D eigenvalue weighted by Crippen LogP contribution is 2.27. The molecule has 3 aromatic carbocycles. The van der Waals surface area contributed by atoms with E-state index in [1.54, 1.807) is 43.3 Å². The minimum atomic E-state index is -0.977. The van der Waals surface area contributed by atoms with E-state index in [1.165, 1.54) is 36.6 Å². The highest BCUT2D eigenvalue weighted by molar-refractivity contribution is 6.30. The quantitative estimate of drug-likeness (QED) is 0.192. The SMILES string of the molecule is CCOC(=O)c1ccc(Oc2coc3cc(OC(=O)C(Cl)c4ccccc4)ccc3c2=O)cc1. The van der Waals surface area contributed by atoms with Gasteiger partial charge in [-0.1, -0.05) is 30.3 Å². The second kappa shape index (κ2) is 10.2. The van der Waals surface area contributed by atoms with Crippen molar-refractivity contribution in [2.45, 2.75) is 12.3 Å². The van der Waals surface area contributed by atoms with E-state index in [2.05, 4.69) is 0 Å². The summed E-state index contributed by atoms with van der Waals surface area (Å²) in [5.41, 5.74) is 0.783. The summed E-state index contributed by atoms with van der Waals surface area (Å²) in [5.74, 6) is -0.600. The lowest BCUT2D eigenvalue weighted by atomic mass is 10.1. The Bertz CT molecular complexity index is 1380. The predicted molar refractivity (Wildman–Crippen MR) is 126 cm³/mol. The van der Waals surface area contributed by atoms with E-state index in [0.717, 1.165) is 0 Å². The fraction of sp³-hybridized carbons (Fsp3) is 0.115. The summed E-state index contributed by atoms with van der Waals surface area (Å²) in [6.07, 6.45) is 1.17. The number of hydrogen-bond acceptors (Lipinski definition) is 7. The molecule has 0 aliphatic carbocycles. The number of ether oxygens (including phenoxy) is 3. The third kappa shape index (κ3) is 5.10. The van der Waals surface area contributed by atoms with Gasteiger partial charge in [0.2, 0.25) is 11.2 Å². The zero-order valence-corrected chi connectivity index (χ0v) is 18.8. The van der Waals surface area contributed by atoms with Gasteiger partial charge in [-0.05, 0) is 48.9 Å². The summed E-state index contributed by atoms with van der Waals surface area (Å²) >= 11 is 6.20. The molecule has 1 unspecified atom stereocenters. The number of benzene rings is 3. The Morgan fingerprint density at radius 2 is 1.68 bits per heavy atom. The molecule has 172 valence electrons. The first-order valence-electron chi connectivity index (χ1n) is 10.4. The topological polar surface area (TPSA) is 92.0 Å². The maximum absolute atomic E-state index is 12.8. The molecular weight excluding hydrogens is 460 g/mol. The molecule has 0 N–H and O–H groups in total. The number of alkyl halides is 1. The van der Waals surface area contributed by atoms with Crippen LogP contribution in [0.25, 0.3) is 11.0 Å². The van der Waals surface area contributed by atoms with Crippen molar-refractivity contribution in [3.05, 3.63) is 100 Å². The molecule has 7 nitrogen and oxygen atoms in total. The lowest BCUT2D eigenvalue weighted by Gasteiger charge is -2.10. The predicted octanol–water partition coefficient (Wildman–Crippen LogP) is 5.65.